The van der Waals surface area contributed by atoms with Gasteiger partial charge >= 0.3 is 0 Å². The fraction of sp³-hybridized carbons (Fsp3) is 0.381. The Morgan fingerprint density at radius 2 is 1.84 bits per heavy atom. The van der Waals surface area contributed by atoms with E-state index in [-0.39, 0.29) is 11.3 Å². The molecular weight excluding hydrogens is 409 g/mol. The lowest BCUT2D eigenvalue weighted by molar-refractivity contribution is 0.122. The molecule has 3 heterocycles. The predicted molar refractivity (Wildman–Crippen MR) is 113 cm³/mol. The van der Waals surface area contributed by atoms with Crippen molar-refractivity contribution in [2.24, 2.45) is 0 Å². The van der Waals surface area contributed by atoms with Crippen LogP contribution >= 0.6 is 0 Å². The molecule has 2 aromatic heterocycles. The van der Waals surface area contributed by atoms with E-state index in [0.29, 0.717) is 35.6 Å². The van der Waals surface area contributed by atoms with Crippen LogP contribution in [0, 0.1) is 12.7 Å². The quantitative estimate of drug-likeness (QED) is 0.589. The first-order chi connectivity index (χ1) is 14.8. The predicted octanol–water partition coefficient (Wildman–Crippen LogP) is 4.00. The monoisotopic (exact) mass is 432 g/mol. The Kier molecular flexibility index (Phi) is 5.81. The van der Waals surface area contributed by atoms with Gasteiger partial charge in [-0.1, -0.05) is 0 Å². The highest BCUT2D eigenvalue weighted by Gasteiger charge is 2.22. The SMILES string of the molecule is Cc1nnc(N[C@H](C)c2cc(N)cc(C(F)F)c2F)c2cc(N3CCOCC3)cnc12. The third kappa shape index (κ3) is 4.20. The van der Waals surface area contributed by atoms with Gasteiger partial charge in [0.1, 0.15) is 5.82 Å². The Labute approximate surface area is 177 Å². The maximum atomic E-state index is 14.7. The highest BCUT2D eigenvalue weighted by Crippen LogP contribution is 2.33. The van der Waals surface area contributed by atoms with Crippen LogP contribution in [0.15, 0.2) is 24.4 Å². The van der Waals surface area contributed by atoms with Gasteiger partial charge in [0.05, 0.1) is 47.9 Å². The van der Waals surface area contributed by atoms with Crippen LogP contribution in [0.4, 0.5) is 30.4 Å². The van der Waals surface area contributed by atoms with E-state index in [0.717, 1.165) is 24.8 Å². The van der Waals surface area contributed by atoms with Gasteiger partial charge in [-0.3, -0.25) is 4.98 Å². The van der Waals surface area contributed by atoms with Gasteiger partial charge in [0.25, 0.3) is 6.43 Å². The molecule has 0 amide bonds. The molecule has 0 aliphatic carbocycles. The number of hydrogen-bond acceptors (Lipinski definition) is 7. The Bertz CT molecular complexity index is 1100. The van der Waals surface area contributed by atoms with Gasteiger partial charge in [-0.25, -0.2) is 13.2 Å². The Hall–Kier alpha value is -3.14. The number of benzene rings is 1. The molecule has 1 aliphatic heterocycles. The van der Waals surface area contributed by atoms with E-state index in [1.54, 1.807) is 20.0 Å². The van der Waals surface area contributed by atoms with Crippen LogP contribution in [0.5, 0.6) is 0 Å². The van der Waals surface area contributed by atoms with E-state index in [9.17, 15) is 13.2 Å². The summed E-state index contributed by atoms with van der Waals surface area (Å²) in [5.41, 5.74) is 7.32. The third-order valence-corrected chi connectivity index (χ3v) is 5.35. The lowest BCUT2D eigenvalue weighted by Crippen LogP contribution is -2.36. The molecule has 31 heavy (non-hydrogen) atoms. The van der Waals surface area contributed by atoms with E-state index >= 15 is 0 Å². The molecule has 1 fully saturated rings. The van der Waals surface area contributed by atoms with Gasteiger partial charge in [0, 0.05) is 29.7 Å². The standard InChI is InChI=1S/C21H23F3N6O/c1-11(15-7-13(25)8-16(18(15)22)20(23)24)27-21-17-9-14(30-3-5-31-6-4-30)10-26-19(17)12(2)28-29-21/h7-11,20H,3-6,25H2,1-2H3,(H,27,29)/t11-/m1/s1. The Balaban J connectivity index is 1.72. The van der Waals surface area contributed by atoms with Gasteiger partial charge in [-0.15, -0.1) is 5.10 Å². The number of nitrogens with zero attached hydrogens (tertiary/aromatic N) is 4. The van der Waals surface area contributed by atoms with Crippen molar-refractivity contribution in [1.29, 1.82) is 0 Å². The highest BCUT2D eigenvalue weighted by molar-refractivity contribution is 5.92. The number of ether oxygens (including phenoxy) is 1. The molecular formula is C21H23F3N6O. The summed E-state index contributed by atoms with van der Waals surface area (Å²) >= 11 is 0. The average Bonchev–Trinajstić information content (AvgIpc) is 2.77. The molecule has 4 rings (SSSR count). The van der Waals surface area contributed by atoms with Crippen LogP contribution in [-0.2, 0) is 4.74 Å². The number of nitrogen functional groups attached to an aromatic ring is 1. The fourth-order valence-electron chi connectivity index (χ4n) is 3.70. The van der Waals surface area contributed by atoms with Gasteiger partial charge < -0.3 is 20.7 Å². The second-order valence-electron chi connectivity index (χ2n) is 7.50. The second kappa shape index (κ2) is 8.54. The number of alkyl halides is 2. The summed E-state index contributed by atoms with van der Waals surface area (Å²) < 4.78 is 46.5. The number of hydrogen-bond donors (Lipinski definition) is 2. The van der Waals surface area contributed by atoms with Crippen LogP contribution in [-0.4, -0.2) is 41.5 Å². The van der Waals surface area contributed by atoms with Gasteiger partial charge in [0.15, 0.2) is 5.82 Å². The molecule has 0 spiro atoms. The number of nitrogens with one attached hydrogen (secondary N) is 1. The summed E-state index contributed by atoms with van der Waals surface area (Å²) in [7, 11) is 0. The van der Waals surface area contributed by atoms with Crippen molar-refractivity contribution in [1.82, 2.24) is 15.2 Å². The maximum absolute atomic E-state index is 14.7. The number of rotatable bonds is 5. The number of anilines is 3. The molecule has 164 valence electrons. The molecule has 1 saturated heterocycles. The minimum absolute atomic E-state index is 0.0307. The third-order valence-electron chi connectivity index (χ3n) is 5.35. The number of aryl methyl sites for hydroxylation is 1. The van der Waals surface area contributed by atoms with Crippen molar-refractivity contribution in [2.75, 3.05) is 42.3 Å². The van der Waals surface area contributed by atoms with Crippen molar-refractivity contribution in [3.05, 3.63) is 47.0 Å². The van der Waals surface area contributed by atoms with Crippen LogP contribution in [0.25, 0.3) is 10.9 Å². The summed E-state index contributed by atoms with van der Waals surface area (Å²) in [6.45, 7) is 6.21. The number of morpholine rings is 1. The Morgan fingerprint density at radius 3 is 2.55 bits per heavy atom. The Morgan fingerprint density at radius 1 is 1.13 bits per heavy atom. The van der Waals surface area contributed by atoms with E-state index in [1.807, 2.05) is 6.07 Å². The smallest absolute Gasteiger partial charge is 0.266 e. The summed E-state index contributed by atoms with van der Waals surface area (Å²) in [6, 6.07) is 3.56. The molecule has 0 bridgehead atoms. The fourth-order valence-corrected chi connectivity index (χ4v) is 3.70. The highest BCUT2D eigenvalue weighted by atomic mass is 19.3. The number of pyridine rings is 1. The molecule has 7 nitrogen and oxygen atoms in total. The van der Waals surface area contributed by atoms with Crippen molar-refractivity contribution >= 4 is 28.1 Å². The van der Waals surface area contributed by atoms with E-state index in [2.05, 4.69) is 25.4 Å². The first-order valence-electron chi connectivity index (χ1n) is 9.94. The van der Waals surface area contributed by atoms with Gasteiger partial charge in [0.2, 0.25) is 0 Å². The van der Waals surface area contributed by atoms with E-state index in [4.69, 9.17) is 10.5 Å². The topological polar surface area (TPSA) is 89.2 Å². The van der Waals surface area contributed by atoms with Crippen LogP contribution in [0.3, 0.4) is 0 Å². The molecule has 3 N–H and O–H groups in total. The zero-order valence-corrected chi connectivity index (χ0v) is 17.2. The van der Waals surface area contributed by atoms with E-state index < -0.39 is 23.8 Å². The summed E-state index contributed by atoms with van der Waals surface area (Å²) in [4.78, 5) is 6.71. The van der Waals surface area contributed by atoms with Gasteiger partial charge in [-0.05, 0) is 32.0 Å². The van der Waals surface area contributed by atoms with Crippen molar-refractivity contribution in [3.63, 3.8) is 0 Å². The van der Waals surface area contributed by atoms with Gasteiger partial charge in [-0.2, -0.15) is 5.10 Å². The molecule has 10 heteroatoms. The summed E-state index contributed by atoms with van der Waals surface area (Å²) in [5.74, 6) is -0.600. The van der Waals surface area contributed by atoms with Crippen molar-refractivity contribution in [3.8, 4) is 0 Å². The van der Waals surface area contributed by atoms with Crippen LogP contribution in [0.2, 0.25) is 0 Å². The van der Waals surface area contributed by atoms with Crippen LogP contribution < -0.4 is 16.0 Å². The minimum Gasteiger partial charge on any atom is -0.399 e. The number of aromatic nitrogens is 3. The lowest BCUT2D eigenvalue weighted by atomic mass is 10.0. The molecule has 1 atom stereocenters. The lowest BCUT2D eigenvalue weighted by Gasteiger charge is -2.28. The minimum atomic E-state index is -2.96. The molecule has 0 unspecified atom stereocenters. The number of halogens is 3. The molecule has 0 saturated carbocycles. The first-order valence-corrected chi connectivity index (χ1v) is 9.94. The largest absolute Gasteiger partial charge is 0.399 e. The van der Waals surface area contributed by atoms with Crippen molar-refractivity contribution in [2.45, 2.75) is 26.3 Å². The number of nitrogens with two attached hydrogens (primary N) is 1. The molecule has 0 radical (unpaired) electrons. The molecule has 1 aliphatic rings. The number of fused-ring (bicyclic) bond motifs is 1. The van der Waals surface area contributed by atoms with Crippen molar-refractivity contribution < 1.29 is 17.9 Å². The van der Waals surface area contributed by atoms with E-state index in [1.165, 1.54) is 6.07 Å². The summed E-state index contributed by atoms with van der Waals surface area (Å²) in [6.07, 6.45) is -1.18. The summed E-state index contributed by atoms with van der Waals surface area (Å²) in [5, 5.41) is 12.2. The normalized spacial score (nSPS) is 15.5. The second-order valence-corrected chi connectivity index (χ2v) is 7.50. The van der Waals surface area contributed by atoms with Crippen LogP contribution in [0.1, 0.15) is 36.2 Å². The average molecular weight is 432 g/mol. The maximum Gasteiger partial charge on any atom is 0.266 e. The molecule has 3 aromatic rings. The molecule has 1 aromatic carbocycles. The first kappa shape index (κ1) is 21.1. The zero-order chi connectivity index (χ0) is 22.1. The zero-order valence-electron chi connectivity index (χ0n) is 17.2.